The summed E-state index contributed by atoms with van der Waals surface area (Å²) < 4.78 is 42.0. The van der Waals surface area contributed by atoms with Crippen LogP contribution in [-0.4, -0.2) is 48.1 Å². The van der Waals surface area contributed by atoms with E-state index >= 15 is 0 Å². The topological polar surface area (TPSA) is 26.7 Å². The summed E-state index contributed by atoms with van der Waals surface area (Å²) in [6.07, 6.45) is 1.97. The minimum Gasteiger partial charge on any atom is -0.508 e. The number of halogens is 3. The fourth-order valence-corrected chi connectivity index (χ4v) is 3.55. The number of aromatic hydroxyl groups is 1. The average molecular weight is 314 g/mol. The fourth-order valence-electron chi connectivity index (χ4n) is 3.55. The molecule has 1 saturated heterocycles. The Bertz CT molecular complexity index is 530. The van der Waals surface area contributed by atoms with Crippen molar-refractivity contribution >= 4 is 5.69 Å². The highest BCUT2D eigenvalue weighted by molar-refractivity contribution is 5.50. The molecule has 0 radical (unpaired) electrons. The van der Waals surface area contributed by atoms with Gasteiger partial charge in [0.05, 0.1) is 11.7 Å². The maximum absolute atomic E-state index is 14.0. The normalized spacial score (nSPS) is 26.1. The van der Waals surface area contributed by atoms with Gasteiger partial charge < -0.3 is 10.0 Å². The molecule has 0 aromatic heterocycles. The van der Waals surface area contributed by atoms with Gasteiger partial charge in [0.1, 0.15) is 11.6 Å². The van der Waals surface area contributed by atoms with E-state index in [2.05, 4.69) is 0 Å². The lowest BCUT2D eigenvalue weighted by Gasteiger charge is -2.44. The van der Waals surface area contributed by atoms with Crippen LogP contribution < -0.4 is 4.90 Å². The summed E-state index contributed by atoms with van der Waals surface area (Å²) in [6.45, 7) is 2.07. The van der Waals surface area contributed by atoms with Gasteiger partial charge in [-0.25, -0.2) is 13.2 Å². The Hall–Kier alpha value is -1.43. The van der Waals surface area contributed by atoms with E-state index in [0.717, 1.165) is 12.5 Å². The van der Waals surface area contributed by atoms with Gasteiger partial charge in [-0.15, -0.1) is 0 Å². The number of hydrogen-bond donors (Lipinski definition) is 1. The molecule has 122 valence electrons. The number of benzene rings is 1. The van der Waals surface area contributed by atoms with Crippen molar-refractivity contribution in [2.75, 3.05) is 31.1 Å². The molecule has 1 unspecified atom stereocenters. The summed E-state index contributed by atoms with van der Waals surface area (Å²) in [6, 6.07) is 3.39. The third-order valence-corrected chi connectivity index (χ3v) is 4.75. The molecule has 1 aliphatic heterocycles. The Morgan fingerprint density at radius 3 is 2.45 bits per heavy atom. The van der Waals surface area contributed by atoms with Gasteiger partial charge in [0, 0.05) is 38.7 Å². The molecular formula is C16H21F3N2O. The van der Waals surface area contributed by atoms with E-state index in [4.69, 9.17) is 0 Å². The van der Waals surface area contributed by atoms with E-state index in [1.54, 1.807) is 0 Å². The summed E-state index contributed by atoms with van der Waals surface area (Å²) in [7, 11) is 0. The van der Waals surface area contributed by atoms with E-state index in [1.807, 2.05) is 9.80 Å². The molecule has 1 atom stereocenters. The zero-order valence-electron chi connectivity index (χ0n) is 12.4. The van der Waals surface area contributed by atoms with E-state index < -0.39 is 17.8 Å². The van der Waals surface area contributed by atoms with E-state index in [1.165, 1.54) is 12.1 Å². The number of rotatable bonds is 2. The third kappa shape index (κ3) is 3.02. The van der Waals surface area contributed by atoms with Gasteiger partial charge in [-0.2, -0.15) is 0 Å². The van der Waals surface area contributed by atoms with Crippen molar-refractivity contribution in [3.05, 3.63) is 24.0 Å². The first kappa shape index (κ1) is 15.5. The molecular weight excluding hydrogens is 293 g/mol. The first-order valence-electron chi connectivity index (χ1n) is 7.83. The second-order valence-electron chi connectivity index (χ2n) is 6.18. The van der Waals surface area contributed by atoms with Crippen molar-refractivity contribution in [3.63, 3.8) is 0 Å². The minimum atomic E-state index is -2.61. The molecule has 3 nitrogen and oxygen atoms in total. The highest BCUT2D eigenvalue weighted by Gasteiger charge is 2.45. The van der Waals surface area contributed by atoms with E-state index in [-0.39, 0.29) is 12.2 Å². The molecule has 0 amide bonds. The highest BCUT2D eigenvalue weighted by Crippen LogP contribution is 2.37. The first-order chi connectivity index (χ1) is 10.5. The molecule has 3 rings (SSSR count). The lowest BCUT2D eigenvalue weighted by atomic mass is 9.90. The lowest BCUT2D eigenvalue weighted by molar-refractivity contribution is -0.107. The van der Waals surface area contributed by atoms with Crippen LogP contribution in [0.15, 0.2) is 18.2 Å². The second kappa shape index (κ2) is 5.99. The van der Waals surface area contributed by atoms with Crippen LogP contribution in [0, 0.1) is 5.82 Å². The monoisotopic (exact) mass is 314 g/mol. The fraction of sp³-hybridized carbons (Fsp3) is 0.625. The van der Waals surface area contributed by atoms with E-state index in [0.29, 0.717) is 44.7 Å². The number of piperazine rings is 1. The maximum Gasteiger partial charge on any atom is 0.263 e. The lowest BCUT2D eigenvalue weighted by Crippen LogP contribution is -2.56. The molecule has 1 aromatic carbocycles. The second-order valence-corrected chi connectivity index (χ2v) is 6.18. The van der Waals surface area contributed by atoms with Gasteiger partial charge in [-0.1, -0.05) is 6.42 Å². The molecule has 2 aliphatic rings. The summed E-state index contributed by atoms with van der Waals surface area (Å²) in [5.41, 5.74) is 0.424. The van der Waals surface area contributed by atoms with Crippen molar-refractivity contribution < 1.29 is 18.3 Å². The van der Waals surface area contributed by atoms with Crippen LogP contribution in [0.3, 0.4) is 0 Å². The number of alkyl halides is 2. The predicted molar refractivity (Wildman–Crippen MR) is 79.1 cm³/mol. The molecule has 1 saturated carbocycles. The van der Waals surface area contributed by atoms with Crippen molar-refractivity contribution in [1.82, 2.24) is 4.90 Å². The first-order valence-corrected chi connectivity index (χ1v) is 7.83. The Morgan fingerprint density at radius 1 is 1.09 bits per heavy atom. The number of phenols is 1. The van der Waals surface area contributed by atoms with E-state index in [9.17, 15) is 18.3 Å². The van der Waals surface area contributed by atoms with Gasteiger partial charge in [0.25, 0.3) is 5.92 Å². The number of hydrogen-bond acceptors (Lipinski definition) is 3. The molecule has 0 bridgehead atoms. The Balaban J connectivity index is 1.65. The Kier molecular flexibility index (Phi) is 4.21. The van der Waals surface area contributed by atoms with Crippen molar-refractivity contribution in [3.8, 4) is 5.75 Å². The van der Waals surface area contributed by atoms with Gasteiger partial charge in [0.2, 0.25) is 0 Å². The molecule has 1 aliphatic carbocycles. The molecule has 1 aromatic rings. The standard InChI is InChI=1S/C16H21F3N2O/c17-13-11-12(22)4-5-14(13)20-7-9-21(10-8-20)15-3-1-2-6-16(15,18)19/h4-5,11,15,22H,1-3,6-10H2. The zero-order valence-corrected chi connectivity index (χ0v) is 12.4. The highest BCUT2D eigenvalue weighted by atomic mass is 19.3. The quantitative estimate of drug-likeness (QED) is 0.908. The molecule has 1 N–H and O–H groups in total. The summed E-state index contributed by atoms with van der Waals surface area (Å²) in [5.74, 6) is -3.19. The predicted octanol–water partition coefficient (Wildman–Crippen LogP) is 3.23. The molecule has 2 fully saturated rings. The van der Waals surface area contributed by atoms with Crippen LogP contribution in [0.1, 0.15) is 25.7 Å². The average Bonchev–Trinajstić information content (AvgIpc) is 2.47. The largest absolute Gasteiger partial charge is 0.508 e. The van der Waals surface area contributed by atoms with Crippen LogP contribution in [0.25, 0.3) is 0 Å². The number of nitrogens with zero attached hydrogens (tertiary/aromatic N) is 2. The van der Waals surface area contributed by atoms with Crippen molar-refractivity contribution in [2.45, 2.75) is 37.6 Å². The van der Waals surface area contributed by atoms with Crippen molar-refractivity contribution in [1.29, 1.82) is 0 Å². The van der Waals surface area contributed by atoms with Crippen LogP contribution in [-0.2, 0) is 0 Å². The Morgan fingerprint density at radius 2 is 1.82 bits per heavy atom. The maximum atomic E-state index is 14.0. The van der Waals surface area contributed by atoms with Crippen LogP contribution in [0.2, 0.25) is 0 Å². The molecule has 22 heavy (non-hydrogen) atoms. The summed E-state index contributed by atoms with van der Waals surface area (Å²) >= 11 is 0. The third-order valence-electron chi connectivity index (χ3n) is 4.75. The molecule has 1 heterocycles. The SMILES string of the molecule is Oc1ccc(N2CCN(C3CCCCC3(F)F)CC2)c(F)c1. The minimum absolute atomic E-state index is 0.0233. The molecule has 0 spiro atoms. The van der Waals surface area contributed by atoms with Gasteiger partial charge in [-0.3, -0.25) is 4.90 Å². The molecule has 6 heteroatoms. The van der Waals surface area contributed by atoms with Crippen LogP contribution in [0.5, 0.6) is 5.75 Å². The van der Waals surface area contributed by atoms with Gasteiger partial charge in [-0.05, 0) is 25.0 Å². The van der Waals surface area contributed by atoms with Crippen LogP contribution in [0.4, 0.5) is 18.9 Å². The summed E-state index contributed by atoms with van der Waals surface area (Å²) in [4.78, 5) is 3.71. The number of anilines is 1. The van der Waals surface area contributed by atoms with Crippen molar-refractivity contribution in [2.24, 2.45) is 0 Å². The van der Waals surface area contributed by atoms with Gasteiger partial charge in [0.15, 0.2) is 0 Å². The van der Waals surface area contributed by atoms with Crippen LogP contribution >= 0.6 is 0 Å². The Labute approximate surface area is 128 Å². The zero-order chi connectivity index (χ0) is 15.7. The summed E-state index contributed by atoms with van der Waals surface area (Å²) in [5, 5.41) is 9.26. The number of phenolic OH excluding ortho intramolecular Hbond substituents is 1. The van der Waals surface area contributed by atoms with Gasteiger partial charge >= 0.3 is 0 Å². The smallest absolute Gasteiger partial charge is 0.263 e.